The van der Waals surface area contributed by atoms with E-state index in [0.717, 1.165) is 18.3 Å². The maximum atomic E-state index is 10.9. The number of nitrogens with zero attached hydrogens (tertiary/aromatic N) is 3. The highest BCUT2D eigenvalue weighted by Gasteiger charge is 2.08. The van der Waals surface area contributed by atoms with Crippen LogP contribution in [0.4, 0.5) is 0 Å². The van der Waals surface area contributed by atoms with E-state index in [2.05, 4.69) is 41.3 Å². The zero-order chi connectivity index (χ0) is 16.1. The summed E-state index contributed by atoms with van der Waals surface area (Å²) >= 11 is 0. The number of aromatic nitrogens is 3. The third-order valence-electron chi connectivity index (χ3n) is 3.55. The van der Waals surface area contributed by atoms with Gasteiger partial charge in [0.05, 0.1) is 6.20 Å². The van der Waals surface area contributed by atoms with Crippen LogP contribution in [0.2, 0.25) is 0 Å². The van der Waals surface area contributed by atoms with Crippen molar-refractivity contribution in [2.24, 2.45) is 0 Å². The predicted octanol–water partition coefficient (Wildman–Crippen LogP) is 3.22. The molecular formula is C18H17N3O2. The molecule has 5 nitrogen and oxygen atoms in total. The number of rotatable bonds is 6. The van der Waals surface area contributed by atoms with Crippen LogP contribution >= 0.6 is 0 Å². The van der Waals surface area contributed by atoms with Gasteiger partial charge in [-0.15, -0.1) is 0 Å². The molecule has 2 heterocycles. The second-order valence-corrected chi connectivity index (χ2v) is 5.11. The Morgan fingerprint density at radius 1 is 1.09 bits per heavy atom. The van der Waals surface area contributed by atoms with Gasteiger partial charge in [-0.2, -0.15) is 9.78 Å². The number of carbonyl (C=O) groups excluding carboxylic acids is 1. The van der Waals surface area contributed by atoms with Gasteiger partial charge in [-0.05, 0) is 29.7 Å². The van der Waals surface area contributed by atoms with Gasteiger partial charge in [0.25, 0.3) is 0 Å². The molecule has 3 rings (SSSR count). The van der Waals surface area contributed by atoms with Gasteiger partial charge in [0.1, 0.15) is 12.9 Å². The van der Waals surface area contributed by atoms with Gasteiger partial charge < -0.3 is 4.74 Å². The number of hydrogen-bond donors (Lipinski definition) is 0. The first-order valence-electron chi connectivity index (χ1n) is 7.46. The maximum Gasteiger partial charge on any atom is 0.218 e. The summed E-state index contributed by atoms with van der Waals surface area (Å²) in [4.78, 5) is 15.1. The van der Waals surface area contributed by atoms with Crippen LogP contribution in [0.1, 0.15) is 28.4 Å². The Morgan fingerprint density at radius 2 is 1.87 bits per heavy atom. The zero-order valence-corrected chi connectivity index (χ0v) is 12.8. The highest BCUT2D eigenvalue weighted by Crippen LogP contribution is 2.17. The second kappa shape index (κ2) is 6.87. The van der Waals surface area contributed by atoms with E-state index >= 15 is 0 Å². The molecule has 0 saturated heterocycles. The van der Waals surface area contributed by atoms with Crippen LogP contribution in [0.25, 0.3) is 5.82 Å². The van der Waals surface area contributed by atoms with Gasteiger partial charge in [0, 0.05) is 17.8 Å². The van der Waals surface area contributed by atoms with Crippen molar-refractivity contribution < 1.29 is 9.53 Å². The van der Waals surface area contributed by atoms with Gasteiger partial charge in [-0.25, -0.2) is 4.98 Å². The van der Waals surface area contributed by atoms with Crippen LogP contribution in [-0.4, -0.2) is 21.1 Å². The fourth-order valence-corrected chi connectivity index (χ4v) is 2.22. The first-order valence-corrected chi connectivity index (χ1v) is 7.46. The molecule has 0 amide bonds. The summed E-state index contributed by atoms with van der Waals surface area (Å²) in [5.41, 5.74) is 2.94. The third kappa shape index (κ3) is 3.45. The quantitative estimate of drug-likeness (QED) is 0.656. The summed E-state index contributed by atoms with van der Waals surface area (Å²) in [6.45, 7) is 2.58. The van der Waals surface area contributed by atoms with Gasteiger partial charge in [0.2, 0.25) is 5.88 Å². The van der Waals surface area contributed by atoms with Crippen LogP contribution in [0.5, 0.6) is 5.88 Å². The zero-order valence-electron chi connectivity index (χ0n) is 12.8. The monoisotopic (exact) mass is 307 g/mol. The lowest BCUT2D eigenvalue weighted by Crippen LogP contribution is -2.05. The molecule has 0 aliphatic rings. The molecule has 0 atom stereocenters. The van der Waals surface area contributed by atoms with Crippen molar-refractivity contribution in [2.45, 2.75) is 20.0 Å². The van der Waals surface area contributed by atoms with Crippen molar-refractivity contribution in [3.63, 3.8) is 0 Å². The first kappa shape index (κ1) is 15.0. The number of ether oxygens (including phenoxy) is 1. The molecule has 5 heteroatoms. The van der Waals surface area contributed by atoms with E-state index in [9.17, 15) is 4.79 Å². The molecule has 0 bridgehead atoms. The van der Waals surface area contributed by atoms with E-state index in [1.807, 2.05) is 0 Å². The van der Waals surface area contributed by atoms with Crippen molar-refractivity contribution in [1.82, 2.24) is 14.8 Å². The molecule has 0 radical (unpaired) electrons. The maximum absolute atomic E-state index is 10.9. The summed E-state index contributed by atoms with van der Waals surface area (Å²) < 4.78 is 7.41. The van der Waals surface area contributed by atoms with Crippen molar-refractivity contribution in [3.8, 4) is 11.7 Å². The number of aryl methyl sites for hydroxylation is 1. The topological polar surface area (TPSA) is 57.0 Å². The van der Waals surface area contributed by atoms with Crippen LogP contribution in [0, 0.1) is 0 Å². The summed E-state index contributed by atoms with van der Waals surface area (Å²) in [5.74, 6) is 1.14. The first-order chi connectivity index (χ1) is 11.3. The van der Waals surface area contributed by atoms with Crippen molar-refractivity contribution in [1.29, 1.82) is 0 Å². The molecule has 23 heavy (non-hydrogen) atoms. The Hall–Kier alpha value is -2.95. The van der Waals surface area contributed by atoms with E-state index in [0.29, 0.717) is 23.9 Å². The van der Waals surface area contributed by atoms with E-state index in [1.165, 1.54) is 5.56 Å². The summed E-state index contributed by atoms with van der Waals surface area (Å²) in [7, 11) is 0. The SMILES string of the molecule is CCc1ccc(COc2ccnn2-c2cc(C=O)ccn2)cc1. The van der Waals surface area contributed by atoms with Gasteiger partial charge >= 0.3 is 0 Å². The van der Waals surface area contributed by atoms with Gasteiger partial charge in [-0.1, -0.05) is 31.2 Å². The van der Waals surface area contributed by atoms with Gasteiger partial charge in [-0.3, -0.25) is 4.79 Å². The Labute approximate surface area is 134 Å². The minimum Gasteiger partial charge on any atom is -0.473 e. The molecule has 0 N–H and O–H groups in total. The molecule has 3 aromatic rings. The lowest BCUT2D eigenvalue weighted by molar-refractivity contribution is 0.112. The molecule has 2 aromatic heterocycles. The fraction of sp³-hybridized carbons (Fsp3) is 0.167. The highest BCUT2D eigenvalue weighted by molar-refractivity contribution is 5.75. The average Bonchev–Trinajstić information content (AvgIpc) is 3.09. The number of pyridine rings is 1. The van der Waals surface area contributed by atoms with E-state index in [4.69, 9.17) is 4.74 Å². The smallest absolute Gasteiger partial charge is 0.218 e. The van der Waals surface area contributed by atoms with Gasteiger partial charge in [0.15, 0.2) is 5.82 Å². The standard InChI is InChI=1S/C18H17N3O2/c1-2-14-3-5-15(6-4-14)13-23-18-8-10-20-21(18)17-11-16(12-22)7-9-19-17/h3-12H,2,13H2,1H3. The molecular weight excluding hydrogens is 290 g/mol. The van der Waals surface area contributed by atoms with Crippen molar-refractivity contribution >= 4 is 6.29 Å². The van der Waals surface area contributed by atoms with Crippen LogP contribution in [0.15, 0.2) is 54.9 Å². The summed E-state index contributed by atoms with van der Waals surface area (Å²) in [6, 6.07) is 13.4. The van der Waals surface area contributed by atoms with E-state index < -0.39 is 0 Å². The summed E-state index contributed by atoms with van der Waals surface area (Å²) in [5, 5.41) is 4.21. The number of hydrogen-bond acceptors (Lipinski definition) is 4. The Morgan fingerprint density at radius 3 is 2.61 bits per heavy atom. The number of aldehydes is 1. The molecule has 0 aliphatic carbocycles. The normalized spacial score (nSPS) is 10.5. The van der Waals surface area contributed by atoms with E-state index in [1.54, 1.807) is 35.3 Å². The Kier molecular flexibility index (Phi) is 4.47. The fourth-order valence-electron chi connectivity index (χ4n) is 2.22. The minimum atomic E-state index is 0.447. The van der Waals surface area contributed by atoms with Crippen molar-refractivity contribution in [2.75, 3.05) is 0 Å². The average molecular weight is 307 g/mol. The van der Waals surface area contributed by atoms with Crippen LogP contribution in [0.3, 0.4) is 0 Å². The van der Waals surface area contributed by atoms with Crippen LogP contribution in [-0.2, 0) is 13.0 Å². The molecule has 0 fully saturated rings. The Bertz CT molecular complexity index is 794. The van der Waals surface area contributed by atoms with E-state index in [-0.39, 0.29) is 0 Å². The molecule has 116 valence electrons. The van der Waals surface area contributed by atoms with Crippen LogP contribution < -0.4 is 4.74 Å². The highest BCUT2D eigenvalue weighted by atomic mass is 16.5. The summed E-state index contributed by atoms with van der Waals surface area (Å²) in [6.07, 6.45) is 5.02. The predicted molar refractivity (Wildman–Crippen MR) is 86.9 cm³/mol. The molecule has 1 aromatic carbocycles. The Balaban J connectivity index is 1.76. The number of carbonyl (C=O) groups is 1. The molecule has 0 unspecified atom stereocenters. The number of benzene rings is 1. The largest absolute Gasteiger partial charge is 0.473 e. The molecule has 0 aliphatic heterocycles. The lowest BCUT2D eigenvalue weighted by atomic mass is 10.1. The molecule has 0 saturated carbocycles. The molecule has 0 spiro atoms. The lowest BCUT2D eigenvalue weighted by Gasteiger charge is -2.09. The second-order valence-electron chi connectivity index (χ2n) is 5.11. The van der Waals surface area contributed by atoms with Crippen molar-refractivity contribution in [3.05, 3.63) is 71.5 Å². The third-order valence-corrected chi connectivity index (χ3v) is 3.55. The minimum absolute atomic E-state index is 0.447.